The van der Waals surface area contributed by atoms with Crippen molar-refractivity contribution in [2.24, 2.45) is 0 Å². The van der Waals surface area contributed by atoms with Crippen LogP contribution in [0.3, 0.4) is 0 Å². The molecule has 2 amide bonds. The molecule has 1 aliphatic carbocycles. The van der Waals surface area contributed by atoms with Crippen LogP contribution in [0.4, 0.5) is 0 Å². The second-order valence-corrected chi connectivity index (χ2v) is 10.5. The average Bonchev–Trinajstić information content (AvgIpc) is 3.69. The maximum Gasteiger partial charge on any atom is 0.335 e. The number of thiophene rings is 1. The van der Waals surface area contributed by atoms with Crippen molar-refractivity contribution in [1.29, 1.82) is 0 Å². The third-order valence-electron chi connectivity index (χ3n) is 7.43. The summed E-state index contributed by atoms with van der Waals surface area (Å²) in [6.07, 6.45) is 4.72. The van der Waals surface area contributed by atoms with Crippen LogP contribution in [0.1, 0.15) is 84.2 Å². The van der Waals surface area contributed by atoms with Gasteiger partial charge in [0.25, 0.3) is 11.8 Å². The molecule has 2 aliphatic rings. The van der Waals surface area contributed by atoms with Gasteiger partial charge < -0.3 is 15.3 Å². The van der Waals surface area contributed by atoms with Gasteiger partial charge in [-0.3, -0.25) is 9.59 Å². The van der Waals surface area contributed by atoms with Crippen LogP contribution in [0, 0.1) is 6.92 Å². The number of aromatic nitrogens is 3. The molecule has 4 aromatic rings. The Labute approximate surface area is 216 Å². The third kappa shape index (κ3) is 3.97. The van der Waals surface area contributed by atoms with E-state index < -0.39 is 5.97 Å². The summed E-state index contributed by atoms with van der Waals surface area (Å²) in [5, 5.41) is 18.8. The number of hydrogen-bond donors (Lipinski definition) is 2. The van der Waals surface area contributed by atoms with Crippen LogP contribution >= 0.6 is 11.3 Å². The van der Waals surface area contributed by atoms with Crippen LogP contribution in [-0.2, 0) is 6.42 Å². The summed E-state index contributed by atoms with van der Waals surface area (Å²) in [5.41, 5.74) is 3.79. The van der Waals surface area contributed by atoms with Gasteiger partial charge in [-0.1, -0.05) is 12.1 Å². The lowest BCUT2D eigenvalue weighted by atomic mass is 9.98. The molecular weight excluding hydrogens is 490 g/mol. The molecule has 10 heteroatoms. The lowest BCUT2D eigenvalue weighted by molar-refractivity contribution is 0.0693. The van der Waals surface area contributed by atoms with Gasteiger partial charge in [0.05, 0.1) is 23.8 Å². The molecule has 0 radical (unpaired) electrons. The maximum absolute atomic E-state index is 13.6. The van der Waals surface area contributed by atoms with Crippen molar-refractivity contribution in [2.75, 3.05) is 6.54 Å². The monoisotopic (exact) mass is 515 g/mol. The highest BCUT2D eigenvalue weighted by molar-refractivity contribution is 7.10. The molecule has 0 bridgehead atoms. The number of carboxylic acid groups (broad SMARTS) is 1. The van der Waals surface area contributed by atoms with Crippen molar-refractivity contribution in [2.45, 2.75) is 44.7 Å². The van der Waals surface area contributed by atoms with E-state index in [2.05, 4.69) is 15.4 Å². The second-order valence-electron chi connectivity index (χ2n) is 9.48. The van der Waals surface area contributed by atoms with E-state index in [1.54, 1.807) is 35.7 Å². The Hall–Kier alpha value is -4.05. The molecule has 2 atom stereocenters. The Morgan fingerprint density at radius 3 is 2.81 bits per heavy atom. The number of benzene rings is 1. The first-order chi connectivity index (χ1) is 17.9. The fraction of sp³-hybridized carbons (Fsp3) is 0.296. The Morgan fingerprint density at radius 2 is 2.03 bits per heavy atom. The molecular formula is C27H25N5O4S. The van der Waals surface area contributed by atoms with Gasteiger partial charge in [-0.2, -0.15) is 5.10 Å². The topological polar surface area (TPSA) is 117 Å². The van der Waals surface area contributed by atoms with E-state index in [1.807, 2.05) is 29.3 Å². The van der Waals surface area contributed by atoms with E-state index in [0.717, 1.165) is 34.4 Å². The maximum atomic E-state index is 13.6. The van der Waals surface area contributed by atoms with Gasteiger partial charge in [-0.05, 0) is 66.8 Å². The molecule has 4 heterocycles. The average molecular weight is 516 g/mol. The first kappa shape index (κ1) is 23.4. The first-order valence-electron chi connectivity index (χ1n) is 12.3. The minimum Gasteiger partial charge on any atom is -0.478 e. The number of aromatic carboxylic acids is 1. The molecule has 6 rings (SSSR count). The highest BCUT2D eigenvalue weighted by Crippen LogP contribution is 2.36. The number of carbonyl (C=O) groups is 3. The summed E-state index contributed by atoms with van der Waals surface area (Å²) in [6, 6.07) is 10.4. The van der Waals surface area contributed by atoms with Crippen molar-refractivity contribution in [1.82, 2.24) is 24.8 Å². The molecule has 37 heavy (non-hydrogen) atoms. The second kappa shape index (κ2) is 9.11. The van der Waals surface area contributed by atoms with Crippen molar-refractivity contribution >= 4 is 34.8 Å². The van der Waals surface area contributed by atoms with Gasteiger partial charge in [0.1, 0.15) is 11.4 Å². The Morgan fingerprint density at radius 1 is 1.16 bits per heavy atom. The van der Waals surface area contributed by atoms with E-state index in [9.17, 15) is 19.5 Å². The zero-order chi connectivity index (χ0) is 25.7. The lowest BCUT2D eigenvalue weighted by Crippen LogP contribution is -2.33. The first-order valence-corrected chi connectivity index (χ1v) is 13.2. The number of amides is 2. The fourth-order valence-electron chi connectivity index (χ4n) is 5.61. The van der Waals surface area contributed by atoms with E-state index in [4.69, 9.17) is 0 Å². The van der Waals surface area contributed by atoms with Gasteiger partial charge in [0, 0.05) is 23.6 Å². The molecule has 3 aromatic heterocycles. The van der Waals surface area contributed by atoms with Gasteiger partial charge in [-0.15, -0.1) is 11.3 Å². The Kier molecular flexibility index (Phi) is 5.75. The summed E-state index contributed by atoms with van der Waals surface area (Å²) in [6.45, 7) is 2.45. The van der Waals surface area contributed by atoms with Gasteiger partial charge in [-0.25, -0.2) is 14.3 Å². The standard InChI is InChI=1S/C27H25N5O4S/c1-15-16-8-9-19(18(16)7-6-17(15)27(35)36)30-25(33)22-14-20(29-24-10-11-28-32(22)24)26(34)31-12-2-4-21(31)23-5-3-13-37-23/h3,5-7,10-11,13-14,19,21H,2,4,8-9,12H2,1H3,(H,30,33)(H,35,36)/t19-,21?/m0/s1. The summed E-state index contributed by atoms with van der Waals surface area (Å²) in [7, 11) is 0. The SMILES string of the molecule is Cc1c(C(=O)O)ccc2c1CC[C@@H]2NC(=O)c1cc(C(=O)N2CCCC2c2cccs2)nc2ccnn12. The number of carbonyl (C=O) groups excluding carboxylic acids is 2. The van der Waals surface area contributed by atoms with Crippen molar-refractivity contribution in [3.05, 3.63) is 86.5 Å². The molecule has 1 fully saturated rings. The molecule has 0 spiro atoms. The zero-order valence-electron chi connectivity index (χ0n) is 20.2. The predicted octanol–water partition coefficient (Wildman–Crippen LogP) is 4.19. The van der Waals surface area contributed by atoms with Gasteiger partial charge >= 0.3 is 5.97 Å². The largest absolute Gasteiger partial charge is 0.478 e. The summed E-state index contributed by atoms with van der Waals surface area (Å²) < 4.78 is 1.45. The fourth-order valence-corrected chi connectivity index (χ4v) is 6.49. The zero-order valence-corrected chi connectivity index (χ0v) is 21.0. The summed E-state index contributed by atoms with van der Waals surface area (Å²) in [5.74, 6) is -1.52. The number of rotatable bonds is 5. The number of carboxylic acids is 1. The van der Waals surface area contributed by atoms with Crippen LogP contribution < -0.4 is 5.32 Å². The normalized spacial score (nSPS) is 18.8. The number of fused-ring (bicyclic) bond motifs is 2. The Balaban J connectivity index is 1.30. The van der Waals surface area contributed by atoms with Crippen LogP contribution in [-0.4, -0.2) is 48.9 Å². The lowest BCUT2D eigenvalue weighted by Gasteiger charge is -2.24. The highest BCUT2D eigenvalue weighted by Gasteiger charge is 2.33. The molecule has 1 saturated heterocycles. The number of nitrogens with zero attached hydrogens (tertiary/aromatic N) is 4. The number of nitrogens with one attached hydrogen (secondary N) is 1. The molecule has 9 nitrogen and oxygen atoms in total. The van der Waals surface area contributed by atoms with E-state index in [1.165, 1.54) is 10.6 Å². The van der Waals surface area contributed by atoms with E-state index in [0.29, 0.717) is 25.0 Å². The number of hydrogen-bond acceptors (Lipinski definition) is 6. The van der Waals surface area contributed by atoms with Crippen molar-refractivity contribution in [3.8, 4) is 0 Å². The van der Waals surface area contributed by atoms with Crippen LogP contribution in [0.2, 0.25) is 0 Å². The van der Waals surface area contributed by atoms with Crippen molar-refractivity contribution < 1.29 is 19.5 Å². The minimum absolute atomic E-state index is 0.0154. The third-order valence-corrected chi connectivity index (χ3v) is 8.40. The Bertz CT molecular complexity index is 1540. The van der Waals surface area contributed by atoms with Crippen molar-refractivity contribution in [3.63, 3.8) is 0 Å². The summed E-state index contributed by atoms with van der Waals surface area (Å²) >= 11 is 1.64. The molecule has 0 saturated carbocycles. The molecule has 1 unspecified atom stereocenters. The number of likely N-dealkylation sites (tertiary alicyclic amines) is 1. The molecule has 188 valence electrons. The van der Waals surface area contributed by atoms with Gasteiger partial charge in [0.15, 0.2) is 5.65 Å². The quantitative estimate of drug-likeness (QED) is 0.412. The molecule has 2 N–H and O–H groups in total. The molecule has 1 aliphatic heterocycles. The van der Waals surface area contributed by atoms with E-state index >= 15 is 0 Å². The summed E-state index contributed by atoms with van der Waals surface area (Å²) in [4.78, 5) is 46.1. The minimum atomic E-state index is -0.956. The van der Waals surface area contributed by atoms with Crippen LogP contribution in [0.5, 0.6) is 0 Å². The van der Waals surface area contributed by atoms with E-state index in [-0.39, 0.29) is 40.8 Å². The predicted molar refractivity (Wildman–Crippen MR) is 137 cm³/mol. The highest BCUT2D eigenvalue weighted by atomic mass is 32.1. The van der Waals surface area contributed by atoms with Gasteiger partial charge in [0.2, 0.25) is 0 Å². The molecule has 1 aromatic carbocycles. The van der Waals surface area contributed by atoms with Crippen LogP contribution in [0.15, 0.2) is 48.0 Å². The smallest absolute Gasteiger partial charge is 0.335 e. The van der Waals surface area contributed by atoms with Crippen LogP contribution in [0.25, 0.3) is 5.65 Å².